The Labute approximate surface area is 151 Å². The van der Waals surface area contributed by atoms with Crippen LogP contribution in [0.1, 0.15) is 25.5 Å². The summed E-state index contributed by atoms with van der Waals surface area (Å²) < 4.78 is 0. The van der Waals surface area contributed by atoms with Gasteiger partial charge in [-0.05, 0) is 17.5 Å². The molecule has 7 heteroatoms. The first kappa shape index (κ1) is 18.9. The van der Waals surface area contributed by atoms with Crippen LogP contribution in [0.15, 0.2) is 48.5 Å². The number of carbonyl (C=O) groups excluding carboxylic acids is 1. The minimum absolute atomic E-state index is 0.0410. The van der Waals surface area contributed by atoms with Gasteiger partial charge in [-0.3, -0.25) is 14.9 Å². The number of carbonyl (C=O) groups is 1. The van der Waals surface area contributed by atoms with Gasteiger partial charge in [-0.25, -0.2) is 0 Å². The van der Waals surface area contributed by atoms with Gasteiger partial charge in [0.05, 0.1) is 22.2 Å². The number of nitrogens with zero attached hydrogens (tertiary/aromatic N) is 1. The van der Waals surface area contributed by atoms with Gasteiger partial charge in [0.15, 0.2) is 0 Å². The molecule has 0 spiro atoms. The van der Waals surface area contributed by atoms with Gasteiger partial charge in [-0.1, -0.05) is 55.8 Å². The van der Waals surface area contributed by atoms with Crippen LogP contribution in [0.2, 0.25) is 5.02 Å². The summed E-state index contributed by atoms with van der Waals surface area (Å²) in [6.07, 6.45) is 0. The minimum atomic E-state index is -0.536. The number of non-ortho nitro benzene ring substituents is 1. The highest BCUT2D eigenvalue weighted by Gasteiger charge is 2.17. The molecule has 0 radical (unpaired) electrons. The van der Waals surface area contributed by atoms with Crippen molar-refractivity contribution < 1.29 is 9.72 Å². The summed E-state index contributed by atoms with van der Waals surface area (Å²) in [6.45, 7) is 4.26. The Morgan fingerprint density at radius 3 is 2.44 bits per heavy atom. The highest BCUT2D eigenvalue weighted by molar-refractivity contribution is 6.34. The summed E-state index contributed by atoms with van der Waals surface area (Å²) in [4.78, 5) is 22.4. The molecule has 132 valence electrons. The zero-order valence-electron chi connectivity index (χ0n) is 14.0. The van der Waals surface area contributed by atoms with Crippen molar-refractivity contribution in [3.63, 3.8) is 0 Å². The van der Waals surface area contributed by atoms with Crippen LogP contribution in [0, 0.1) is 16.0 Å². The van der Waals surface area contributed by atoms with Gasteiger partial charge in [-0.15, -0.1) is 0 Å². The fraction of sp³-hybridized carbons (Fsp3) is 0.278. The molecular weight excluding hydrogens is 342 g/mol. The topological polar surface area (TPSA) is 84.3 Å². The predicted octanol–water partition coefficient (Wildman–Crippen LogP) is 4.17. The Hall–Kier alpha value is -2.44. The van der Waals surface area contributed by atoms with Gasteiger partial charge in [-0.2, -0.15) is 0 Å². The molecule has 0 saturated carbocycles. The first-order valence-corrected chi connectivity index (χ1v) is 8.28. The van der Waals surface area contributed by atoms with E-state index in [1.165, 1.54) is 18.2 Å². The highest BCUT2D eigenvalue weighted by Crippen LogP contribution is 2.26. The van der Waals surface area contributed by atoms with Gasteiger partial charge in [0, 0.05) is 18.2 Å². The molecule has 1 atom stereocenters. The molecule has 0 aliphatic rings. The number of nitro groups is 1. The molecule has 0 fully saturated rings. The van der Waals surface area contributed by atoms with Crippen molar-refractivity contribution in [3.8, 4) is 0 Å². The van der Waals surface area contributed by atoms with E-state index in [9.17, 15) is 14.9 Å². The van der Waals surface area contributed by atoms with Crippen LogP contribution in [0.5, 0.6) is 0 Å². The summed E-state index contributed by atoms with van der Waals surface area (Å²) in [6, 6.07) is 13.9. The van der Waals surface area contributed by atoms with Crippen molar-refractivity contribution in [2.45, 2.75) is 19.9 Å². The standard InChI is InChI=1S/C18H20ClN3O3/c1-12(2)18(13-6-4-3-5-7-13)20-11-17(23)21-16-9-8-14(22(24)25)10-15(16)19/h3-10,12,18,20H,11H2,1-2H3,(H,21,23)/t18-/m1/s1. The van der Waals surface area contributed by atoms with E-state index >= 15 is 0 Å². The lowest BCUT2D eigenvalue weighted by Crippen LogP contribution is -2.33. The van der Waals surface area contributed by atoms with Crippen molar-refractivity contribution in [2.75, 3.05) is 11.9 Å². The number of rotatable bonds is 7. The summed E-state index contributed by atoms with van der Waals surface area (Å²) in [5.74, 6) is 0.0375. The third-order valence-electron chi connectivity index (χ3n) is 3.75. The molecule has 6 nitrogen and oxygen atoms in total. The van der Waals surface area contributed by atoms with E-state index in [1.807, 2.05) is 30.3 Å². The largest absolute Gasteiger partial charge is 0.324 e. The smallest absolute Gasteiger partial charge is 0.271 e. The molecular formula is C18H20ClN3O3. The predicted molar refractivity (Wildman–Crippen MR) is 98.8 cm³/mol. The van der Waals surface area contributed by atoms with Gasteiger partial charge in [0.1, 0.15) is 0 Å². The normalized spacial score (nSPS) is 12.0. The Kier molecular flexibility index (Phi) is 6.50. The Bertz CT molecular complexity index is 750. The molecule has 2 rings (SSSR count). The molecule has 0 aliphatic heterocycles. The fourth-order valence-corrected chi connectivity index (χ4v) is 2.74. The zero-order chi connectivity index (χ0) is 18.4. The van der Waals surface area contributed by atoms with Crippen LogP contribution in [-0.4, -0.2) is 17.4 Å². The van der Waals surface area contributed by atoms with E-state index < -0.39 is 4.92 Å². The van der Waals surface area contributed by atoms with Crippen molar-refractivity contribution in [2.24, 2.45) is 5.92 Å². The van der Waals surface area contributed by atoms with Crippen molar-refractivity contribution in [1.29, 1.82) is 0 Å². The number of amides is 1. The molecule has 0 saturated heterocycles. The highest BCUT2D eigenvalue weighted by atomic mass is 35.5. The number of anilines is 1. The van der Waals surface area contributed by atoms with E-state index in [4.69, 9.17) is 11.6 Å². The lowest BCUT2D eigenvalue weighted by atomic mass is 9.96. The quantitative estimate of drug-likeness (QED) is 0.572. The third-order valence-corrected chi connectivity index (χ3v) is 4.06. The van der Waals surface area contributed by atoms with Gasteiger partial charge in [0.2, 0.25) is 5.91 Å². The van der Waals surface area contributed by atoms with E-state index in [2.05, 4.69) is 24.5 Å². The molecule has 0 bridgehead atoms. The van der Waals surface area contributed by atoms with E-state index in [0.717, 1.165) is 5.56 Å². The van der Waals surface area contributed by atoms with Crippen LogP contribution in [0.4, 0.5) is 11.4 Å². The average molecular weight is 362 g/mol. The van der Waals surface area contributed by atoms with E-state index in [1.54, 1.807) is 0 Å². The van der Waals surface area contributed by atoms with Crippen molar-refractivity contribution >= 4 is 28.9 Å². The Morgan fingerprint density at radius 2 is 1.88 bits per heavy atom. The van der Waals surface area contributed by atoms with Gasteiger partial charge in [0.25, 0.3) is 5.69 Å². The van der Waals surface area contributed by atoms with Crippen molar-refractivity contribution in [3.05, 3.63) is 69.2 Å². The Morgan fingerprint density at radius 1 is 1.20 bits per heavy atom. The number of hydrogen-bond donors (Lipinski definition) is 2. The minimum Gasteiger partial charge on any atom is -0.324 e. The van der Waals surface area contributed by atoms with Crippen LogP contribution >= 0.6 is 11.6 Å². The second kappa shape index (κ2) is 8.60. The van der Waals surface area contributed by atoms with E-state index in [-0.39, 0.29) is 29.2 Å². The molecule has 2 N–H and O–H groups in total. The number of hydrogen-bond acceptors (Lipinski definition) is 4. The summed E-state index contributed by atoms with van der Waals surface area (Å²) in [5, 5.41) is 16.8. The monoisotopic (exact) mass is 361 g/mol. The van der Waals surface area contributed by atoms with Gasteiger partial charge < -0.3 is 10.6 Å². The summed E-state index contributed by atoms with van der Waals surface area (Å²) >= 11 is 5.99. The summed E-state index contributed by atoms with van der Waals surface area (Å²) in [5.41, 5.74) is 1.34. The lowest BCUT2D eigenvalue weighted by Gasteiger charge is -2.22. The maximum atomic E-state index is 12.2. The molecule has 25 heavy (non-hydrogen) atoms. The maximum Gasteiger partial charge on any atom is 0.271 e. The number of nitro benzene ring substituents is 1. The second-order valence-corrected chi connectivity index (χ2v) is 6.39. The maximum absolute atomic E-state index is 12.2. The third kappa shape index (κ3) is 5.27. The molecule has 1 amide bonds. The lowest BCUT2D eigenvalue weighted by molar-refractivity contribution is -0.384. The second-order valence-electron chi connectivity index (χ2n) is 5.98. The number of nitrogens with one attached hydrogen (secondary N) is 2. The number of halogens is 1. The van der Waals surface area contributed by atoms with Crippen LogP contribution in [-0.2, 0) is 4.79 Å². The molecule has 2 aromatic rings. The molecule has 0 heterocycles. The van der Waals surface area contributed by atoms with Gasteiger partial charge >= 0.3 is 0 Å². The summed E-state index contributed by atoms with van der Waals surface area (Å²) in [7, 11) is 0. The SMILES string of the molecule is CC(C)[C@@H](NCC(=O)Nc1ccc([N+](=O)[O-])cc1Cl)c1ccccc1. The Balaban J connectivity index is 1.99. The average Bonchev–Trinajstić information content (AvgIpc) is 2.57. The fourth-order valence-electron chi connectivity index (χ4n) is 2.51. The first-order chi connectivity index (χ1) is 11.9. The van der Waals surface area contributed by atoms with Crippen molar-refractivity contribution in [1.82, 2.24) is 5.32 Å². The van der Waals surface area contributed by atoms with Crippen LogP contribution in [0.3, 0.4) is 0 Å². The first-order valence-electron chi connectivity index (χ1n) is 7.90. The number of benzene rings is 2. The molecule has 2 aromatic carbocycles. The van der Waals surface area contributed by atoms with Crippen LogP contribution < -0.4 is 10.6 Å². The molecule has 0 unspecified atom stereocenters. The molecule has 0 aliphatic carbocycles. The van der Waals surface area contributed by atoms with E-state index in [0.29, 0.717) is 11.6 Å². The van der Waals surface area contributed by atoms with Crippen LogP contribution in [0.25, 0.3) is 0 Å². The molecule has 0 aromatic heterocycles. The zero-order valence-corrected chi connectivity index (χ0v) is 14.8.